The summed E-state index contributed by atoms with van der Waals surface area (Å²) in [6, 6.07) is 6.53. The minimum absolute atomic E-state index is 0.0247. The molecule has 0 saturated carbocycles. The van der Waals surface area contributed by atoms with Gasteiger partial charge in [-0.2, -0.15) is 5.10 Å². The minimum Gasteiger partial charge on any atom is -0.382 e. The lowest BCUT2D eigenvalue weighted by atomic mass is 10.1. The first-order valence-corrected chi connectivity index (χ1v) is 11.1. The molecule has 1 unspecified atom stereocenters. The van der Waals surface area contributed by atoms with Gasteiger partial charge in [0, 0.05) is 37.8 Å². The Kier molecular flexibility index (Phi) is 6.99. The van der Waals surface area contributed by atoms with Gasteiger partial charge < -0.3 is 15.8 Å². The number of rotatable bonds is 7. The van der Waals surface area contributed by atoms with Gasteiger partial charge in [0.15, 0.2) is 17.3 Å². The molecule has 35 heavy (non-hydrogen) atoms. The smallest absolute Gasteiger partial charge is 0.274 e. The fraction of sp³-hybridized carbons (Fsp3) is 0.261. The van der Waals surface area contributed by atoms with Gasteiger partial charge in [0.25, 0.3) is 5.91 Å². The average molecular weight is 494 g/mol. The van der Waals surface area contributed by atoms with Crippen LogP contribution in [0, 0.1) is 6.92 Å². The second-order valence-electron chi connectivity index (χ2n) is 7.88. The monoisotopic (exact) mass is 493 g/mol. The van der Waals surface area contributed by atoms with Crippen molar-refractivity contribution in [2.45, 2.75) is 26.5 Å². The Morgan fingerprint density at radius 1 is 1.20 bits per heavy atom. The molecule has 0 saturated heterocycles. The summed E-state index contributed by atoms with van der Waals surface area (Å²) in [5.74, 6) is -0.0174. The Morgan fingerprint density at radius 3 is 2.69 bits per heavy atom. The zero-order valence-corrected chi connectivity index (χ0v) is 20.4. The van der Waals surface area contributed by atoms with Crippen molar-refractivity contribution in [2.75, 3.05) is 12.8 Å². The molecule has 0 bridgehead atoms. The van der Waals surface area contributed by atoms with Crippen LogP contribution in [0.3, 0.4) is 0 Å². The molecule has 4 rings (SSSR count). The third-order valence-corrected chi connectivity index (χ3v) is 5.28. The predicted octanol–water partition coefficient (Wildman–Crippen LogP) is 2.91. The Morgan fingerprint density at radius 2 is 2.00 bits per heavy atom. The lowest BCUT2D eigenvalue weighted by Gasteiger charge is -2.16. The quantitative estimate of drug-likeness (QED) is 0.371. The number of carbonyl (C=O) groups is 1. The molecule has 0 fully saturated rings. The number of pyridine rings is 1. The molecule has 0 aliphatic heterocycles. The number of nitrogens with one attached hydrogen (secondary N) is 1. The van der Waals surface area contributed by atoms with Crippen LogP contribution in [0.25, 0.3) is 22.6 Å². The summed E-state index contributed by atoms with van der Waals surface area (Å²) in [6.07, 6.45) is 3.40. The van der Waals surface area contributed by atoms with E-state index in [4.69, 9.17) is 22.1 Å². The maximum Gasteiger partial charge on any atom is 0.274 e. The number of nitrogens with zero attached hydrogens (tertiary/aromatic N) is 7. The van der Waals surface area contributed by atoms with Crippen LogP contribution in [0.1, 0.15) is 40.7 Å². The molecular formula is C23H24ClN9O2. The molecular weight excluding hydrogens is 470 g/mol. The standard InChI is InChI=1S/C23H24ClN9O2/c1-12-9-14(10-17(24)27-12)19-20(16-6-8-33(3)32-16)31-22(25)21(30-19)23(34)28-13(2)15-5-7-26-18(29-15)11-35-4/h5-10,13H,11H2,1-4H3,(H2,25,31)(H,28,34). The molecule has 11 nitrogen and oxygen atoms in total. The Hall–Kier alpha value is -3.96. The molecule has 0 aliphatic rings. The second kappa shape index (κ2) is 10.1. The number of methoxy groups -OCH3 is 1. The molecule has 0 aromatic carbocycles. The van der Waals surface area contributed by atoms with E-state index < -0.39 is 11.9 Å². The Bertz CT molecular complexity index is 1370. The first kappa shape index (κ1) is 24.2. The molecule has 1 amide bonds. The molecule has 0 aliphatic carbocycles. The van der Waals surface area contributed by atoms with Gasteiger partial charge in [-0.3, -0.25) is 9.48 Å². The maximum absolute atomic E-state index is 13.2. The van der Waals surface area contributed by atoms with E-state index in [1.54, 1.807) is 62.4 Å². The molecule has 12 heteroatoms. The number of carbonyl (C=O) groups excluding carboxylic acids is 1. The van der Waals surface area contributed by atoms with Crippen LogP contribution in [-0.2, 0) is 18.4 Å². The van der Waals surface area contributed by atoms with Gasteiger partial charge >= 0.3 is 0 Å². The fourth-order valence-electron chi connectivity index (χ4n) is 3.50. The van der Waals surface area contributed by atoms with Crippen molar-refractivity contribution in [3.8, 4) is 22.6 Å². The second-order valence-corrected chi connectivity index (χ2v) is 8.26. The van der Waals surface area contributed by atoms with Crippen LogP contribution in [0.4, 0.5) is 5.82 Å². The highest BCUT2D eigenvalue weighted by Gasteiger charge is 2.23. The number of aryl methyl sites for hydroxylation is 2. The first-order chi connectivity index (χ1) is 16.7. The SMILES string of the molecule is COCc1nccc(C(C)NC(=O)c2nc(-c3cc(C)nc(Cl)c3)c(-c3ccn(C)n3)nc2N)n1. The summed E-state index contributed by atoms with van der Waals surface area (Å²) < 4.78 is 6.72. The van der Waals surface area contributed by atoms with E-state index in [-0.39, 0.29) is 18.1 Å². The number of amides is 1. The molecule has 4 aromatic rings. The number of nitrogens with two attached hydrogens (primary N) is 1. The van der Waals surface area contributed by atoms with Crippen LogP contribution in [0.15, 0.2) is 36.7 Å². The highest BCUT2D eigenvalue weighted by Crippen LogP contribution is 2.31. The normalized spacial score (nSPS) is 11.9. The van der Waals surface area contributed by atoms with Crippen molar-refractivity contribution in [1.29, 1.82) is 0 Å². The van der Waals surface area contributed by atoms with E-state index in [1.165, 1.54) is 0 Å². The predicted molar refractivity (Wildman–Crippen MR) is 130 cm³/mol. The fourth-order valence-corrected chi connectivity index (χ4v) is 3.75. The van der Waals surface area contributed by atoms with Crippen molar-refractivity contribution < 1.29 is 9.53 Å². The lowest BCUT2D eigenvalue weighted by molar-refractivity contribution is 0.0934. The van der Waals surface area contributed by atoms with Gasteiger partial charge in [-0.1, -0.05) is 11.6 Å². The van der Waals surface area contributed by atoms with Crippen molar-refractivity contribution in [1.82, 2.24) is 40.0 Å². The molecule has 0 radical (unpaired) electrons. The largest absolute Gasteiger partial charge is 0.382 e. The highest BCUT2D eigenvalue weighted by molar-refractivity contribution is 6.29. The number of hydrogen-bond donors (Lipinski definition) is 2. The zero-order chi connectivity index (χ0) is 25.1. The van der Waals surface area contributed by atoms with Crippen molar-refractivity contribution in [3.63, 3.8) is 0 Å². The highest BCUT2D eigenvalue weighted by atomic mass is 35.5. The van der Waals surface area contributed by atoms with E-state index in [0.717, 1.165) is 0 Å². The molecule has 180 valence electrons. The molecule has 4 aromatic heterocycles. The number of nitrogen functional groups attached to an aromatic ring is 1. The molecule has 1 atom stereocenters. The van der Waals surface area contributed by atoms with Crippen LogP contribution >= 0.6 is 11.6 Å². The van der Waals surface area contributed by atoms with Crippen LogP contribution in [0.5, 0.6) is 0 Å². The van der Waals surface area contributed by atoms with Gasteiger partial charge in [0.2, 0.25) is 0 Å². The van der Waals surface area contributed by atoms with E-state index in [9.17, 15) is 4.79 Å². The molecule has 3 N–H and O–H groups in total. The summed E-state index contributed by atoms with van der Waals surface area (Å²) >= 11 is 6.20. The Labute approximate surface area is 206 Å². The lowest BCUT2D eigenvalue weighted by Crippen LogP contribution is -2.29. The first-order valence-electron chi connectivity index (χ1n) is 10.7. The van der Waals surface area contributed by atoms with E-state index in [1.807, 2.05) is 6.92 Å². The minimum atomic E-state index is -0.500. The van der Waals surface area contributed by atoms with Crippen LogP contribution in [-0.4, -0.2) is 47.7 Å². The van der Waals surface area contributed by atoms with E-state index >= 15 is 0 Å². The summed E-state index contributed by atoms with van der Waals surface area (Å²) in [4.78, 5) is 35.1. The number of anilines is 1. The van der Waals surface area contributed by atoms with Gasteiger partial charge in [0.05, 0.1) is 17.4 Å². The van der Waals surface area contributed by atoms with Crippen LogP contribution < -0.4 is 11.1 Å². The van der Waals surface area contributed by atoms with Crippen molar-refractivity contribution in [2.24, 2.45) is 7.05 Å². The number of aromatic nitrogens is 7. The van der Waals surface area contributed by atoms with E-state index in [2.05, 4.69) is 35.3 Å². The van der Waals surface area contributed by atoms with Gasteiger partial charge in [-0.05, 0) is 38.1 Å². The van der Waals surface area contributed by atoms with Gasteiger partial charge in [-0.15, -0.1) is 0 Å². The van der Waals surface area contributed by atoms with E-state index in [0.29, 0.717) is 45.0 Å². The molecule has 0 spiro atoms. The summed E-state index contributed by atoms with van der Waals surface area (Å²) in [5, 5.41) is 7.59. The topological polar surface area (TPSA) is 147 Å². The Balaban J connectivity index is 1.73. The zero-order valence-electron chi connectivity index (χ0n) is 19.7. The third kappa shape index (κ3) is 5.42. The van der Waals surface area contributed by atoms with Crippen molar-refractivity contribution >= 4 is 23.3 Å². The third-order valence-electron chi connectivity index (χ3n) is 5.08. The average Bonchev–Trinajstić information content (AvgIpc) is 3.24. The maximum atomic E-state index is 13.2. The summed E-state index contributed by atoms with van der Waals surface area (Å²) in [7, 11) is 3.36. The number of hydrogen-bond acceptors (Lipinski definition) is 9. The van der Waals surface area contributed by atoms with Crippen molar-refractivity contribution in [3.05, 3.63) is 64.7 Å². The summed E-state index contributed by atoms with van der Waals surface area (Å²) in [6.45, 7) is 3.88. The van der Waals surface area contributed by atoms with Gasteiger partial charge in [-0.25, -0.2) is 24.9 Å². The number of ether oxygens (including phenoxy) is 1. The molecule has 4 heterocycles. The summed E-state index contributed by atoms with van der Waals surface area (Å²) in [5.41, 5.74) is 9.51. The number of halogens is 1. The van der Waals surface area contributed by atoms with Crippen LogP contribution in [0.2, 0.25) is 5.15 Å². The van der Waals surface area contributed by atoms with Gasteiger partial charge in [0.1, 0.15) is 23.1 Å².